The summed E-state index contributed by atoms with van der Waals surface area (Å²) in [6.45, 7) is 0. The van der Waals surface area contributed by atoms with Crippen molar-refractivity contribution in [1.82, 2.24) is 0 Å². The Bertz CT molecular complexity index is 3610. The van der Waals surface area contributed by atoms with Gasteiger partial charge in [0.25, 0.3) is 0 Å². The second-order valence-electron chi connectivity index (χ2n) is 13.6. The lowest BCUT2D eigenvalue weighted by Crippen LogP contribution is -2.28. The van der Waals surface area contributed by atoms with Gasteiger partial charge in [-0.05, 0) is 80.7 Å². The van der Waals surface area contributed by atoms with Gasteiger partial charge in [-0.2, -0.15) is 0 Å². The summed E-state index contributed by atoms with van der Waals surface area (Å²) in [6, 6.07) is 40.2. The first kappa shape index (κ1) is 22.1. The van der Waals surface area contributed by atoms with E-state index < -0.39 is 71.9 Å². The van der Waals surface area contributed by atoms with Crippen molar-refractivity contribution in [3.8, 4) is 22.3 Å². The van der Waals surface area contributed by atoms with Crippen LogP contribution in [0.2, 0.25) is 0 Å². The number of benzene rings is 9. The molecule has 2 heteroatoms. The van der Waals surface area contributed by atoms with E-state index in [0.29, 0.717) is 16.7 Å². The zero-order valence-corrected chi connectivity index (χ0v) is 29.2. The monoisotopic (exact) mass is 712 g/mol. The summed E-state index contributed by atoms with van der Waals surface area (Å²) in [7, 11) is 0. The molecule has 11 rings (SSSR count). The number of nitrogens with zero attached hydrogens (tertiary/aromatic N) is 1. The highest BCUT2D eigenvalue weighted by molar-refractivity contribution is 6.09. The topological polar surface area (TPSA) is 16.4 Å². The van der Waals surface area contributed by atoms with Gasteiger partial charge in [0.05, 0.1) is 26.2 Å². The van der Waals surface area contributed by atoms with Crippen LogP contribution in [0.4, 0.5) is 17.1 Å². The molecule has 0 fully saturated rings. The van der Waals surface area contributed by atoms with E-state index in [2.05, 4.69) is 30.3 Å². The van der Waals surface area contributed by atoms with Crippen molar-refractivity contribution in [2.75, 3.05) is 4.90 Å². The maximum absolute atomic E-state index is 9.86. The van der Waals surface area contributed by atoms with Crippen LogP contribution in [0, 0.1) is 0 Å². The van der Waals surface area contributed by atoms with E-state index in [4.69, 9.17) is 11.3 Å². The molecule has 0 amide bonds. The lowest BCUT2D eigenvalue weighted by Gasteiger charge is -2.35. The molecule has 0 spiro atoms. The number of furan rings is 1. The van der Waals surface area contributed by atoms with Crippen LogP contribution >= 0.6 is 0 Å². The van der Waals surface area contributed by atoms with Gasteiger partial charge in [0.15, 0.2) is 0 Å². The third kappa shape index (κ3) is 4.75. The van der Waals surface area contributed by atoms with Crippen LogP contribution in [0.5, 0.6) is 0 Å². The van der Waals surface area contributed by atoms with Gasteiger partial charge in [-0.15, -0.1) is 0 Å². The third-order valence-electron chi connectivity index (χ3n) is 10.7. The van der Waals surface area contributed by atoms with Gasteiger partial charge in [0, 0.05) is 33.1 Å². The number of hydrogen-bond donors (Lipinski definition) is 0. The Balaban J connectivity index is 1.28. The Hall–Kier alpha value is -7.16. The molecular weight excluding hydrogens is 667 g/mol. The van der Waals surface area contributed by atoms with Gasteiger partial charge >= 0.3 is 0 Å². The third-order valence-corrected chi connectivity index (χ3v) is 10.7. The van der Waals surface area contributed by atoms with Crippen LogP contribution in [0.15, 0.2) is 216 Å². The second-order valence-corrected chi connectivity index (χ2v) is 13.6. The molecule has 258 valence electrons. The van der Waals surface area contributed by atoms with Crippen molar-refractivity contribution in [3.05, 3.63) is 234 Å². The first-order chi connectivity index (χ1) is 31.9. The number of rotatable bonds is 6. The van der Waals surface area contributed by atoms with Crippen LogP contribution in [-0.2, 0) is 5.41 Å². The summed E-state index contributed by atoms with van der Waals surface area (Å²) in [5, 5.41) is 0.947. The Morgan fingerprint density at radius 1 is 0.455 bits per heavy atom. The molecule has 10 aromatic rings. The first-order valence-corrected chi connectivity index (χ1v) is 18.0. The summed E-state index contributed by atoms with van der Waals surface area (Å²) in [5.41, 5.74) is 5.39. The summed E-state index contributed by atoms with van der Waals surface area (Å²) in [6.07, 6.45) is 0. The van der Waals surface area contributed by atoms with Crippen molar-refractivity contribution in [1.29, 1.82) is 0 Å². The maximum Gasteiger partial charge on any atom is 0.143 e. The Kier molecular flexibility index (Phi) is 5.02. The molecule has 1 heterocycles. The highest BCUT2D eigenvalue weighted by Gasteiger charge is 2.46. The highest BCUT2D eigenvalue weighted by Crippen LogP contribution is 2.57. The fourth-order valence-corrected chi connectivity index (χ4v) is 8.40. The molecule has 0 N–H and O–H groups in total. The fourth-order valence-electron chi connectivity index (χ4n) is 8.40. The van der Waals surface area contributed by atoms with Gasteiger partial charge in [0.1, 0.15) is 11.2 Å². The standard InChI is InChI=1S/C53H35NO/c1-3-17-38(18-4-1)53(39-19-5-2-6-20-39)48-26-11-9-22-44(48)45-34-33-41(35-49(45)53)54(50-27-13-16-36-15-7-8-21-42(36)50)40-31-29-37(30-32-40)43-24-14-25-47-46-23-10-12-28-51(46)55-52(43)47/h1-35H/i7D,8D,13D,15D,16D,21D,27D,29D,30D,31D,32D. The molecule has 2 nitrogen and oxygen atoms in total. The molecule has 0 unspecified atom stereocenters. The Morgan fingerprint density at radius 3 is 1.93 bits per heavy atom. The summed E-state index contributed by atoms with van der Waals surface area (Å²) >= 11 is 0. The van der Waals surface area contributed by atoms with E-state index in [1.54, 1.807) is 18.2 Å². The smallest absolute Gasteiger partial charge is 0.143 e. The van der Waals surface area contributed by atoms with Crippen LogP contribution in [0.1, 0.15) is 37.3 Å². The number of anilines is 3. The lowest BCUT2D eigenvalue weighted by atomic mass is 9.67. The van der Waals surface area contributed by atoms with Gasteiger partial charge in [0.2, 0.25) is 0 Å². The second kappa shape index (κ2) is 12.5. The first-order valence-electron chi connectivity index (χ1n) is 23.5. The average molecular weight is 713 g/mol. The Morgan fingerprint density at radius 2 is 1.11 bits per heavy atom. The van der Waals surface area contributed by atoms with Crippen molar-refractivity contribution in [2.45, 2.75) is 5.41 Å². The molecule has 0 saturated heterocycles. The number of hydrogen-bond acceptors (Lipinski definition) is 2. The summed E-state index contributed by atoms with van der Waals surface area (Å²) in [5.74, 6) is 0. The number of fused-ring (bicyclic) bond motifs is 7. The highest BCUT2D eigenvalue weighted by atomic mass is 16.3. The minimum absolute atomic E-state index is 0.0320. The molecule has 55 heavy (non-hydrogen) atoms. The Labute approximate surface area is 335 Å². The van der Waals surface area contributed by atoms with Gasteiger partial charge in [-0.1, -0.05) is 176 Å². The number of para-hydroxylation sites is 2. The molecule has 0 saturated carbocycles. The molecule has 0 atom stereocenters. The zero-order valence-electron chi connectivity index (χ0n) is 40.2. The molecular formula is C53H35NO. The lowest BCUT2D eigenvalue weighted by molar-refractivity contribution is 0.670. The van der Waals surface area contributed by atoms with Gasteiger partial charge < -0.3 is 9.32 Å². The molecule has 1 aromatic heterocycles. The van der Waals surface area contributed by atoms with E-state index in [-0.39, 0.29) is 33.4 Å². The summed E-state index contributed by atoms with van der Waals surface area (Å²) in [4.78, 5) is 1.32. The minimum atomic E-state index is -0.944. The molecule has 0 bridgehead atoms. The SMILES string of the molecule is [2H]c1c([2H])c(N(c2ccc3c(c2)C(c2ccccc2)(c2ccccc2)c2ccccc2-3)c2c([2H])c([2H])c([2H])c3c([2H])c([2H])c([2H])c([2H])c23)c([2H])c([2H])c1-c1cccc2c1oc1ccccc12. The fraction of sp³-hybridized carbons (Fsp3) is 0.0189. The predicted molar refractivity (Wildman–Crippen MR) is 229 cm³/mol. The van der Waals surface area contributed by atoms with E-state index >= 15 is 0 Å². The maximum atomic E-state index is 9.86. The van der Waals surface area contributed by atoms with Crippen molar-refractivity contribution < 1.29 is 19.5 Å². The van der Waals surface area contributed by atoms with Gasteiger partial charge in [-0.25, -0.2) is 0 Å². The van der Waals surface area contributed by atoms with E-state index in [1.165, 1.54) is 4.90 Å². The van der Waals surface area contributed by atoms with Crippen molar-refractivity contribution in [2.24, 2.45) is 0 Å². The molecule has 9 aromatic carbocycles. The summed E-state index contributed by atoms with van der Waals surface area (Å²) < 4.78 is 109. The van der Waals surface area contributed by atoms with Crippen LogP contribution < -0.4 is 4.90 Å². The minimum Gasteiger partial charge on any atom is -0.455 e. The molecule has 0 radical (unpaired) electrons. The quantitative estimate of drug-likeness (QED) is 0.171. The largest absolute Gasteiger partial charge is 0.455 e. The van der Waals surface area contributed by atoms with Crippen molar-refractivity contribution in [3.63, 3.8) is 0 Å². The zero-order chi connectivity index (χ0) is 45.9. The normalized spacial score (nSPS) is 15.7. The molecule has 1 aliphatic carbocycles. The molecule has 0 aliphatic heterocycles. The molecule has 1 aliphatic rings. The average Bonchev–Trinajstić information content (AvgIpc) is 3.88. The van der Waals surface area contributed by atoms with E-state index in [0.717, 1.165) is 44.2 Å². The van der Waals surface area contributed by atoms with E-state index in [1.807, 2.05) is 97.1 Å². The van der Waals surface area contributed by atoms with Crippen LogP contribution in [0.3, 0.4) is 0 Å². The van der Waals surface area contributed by atoms with Crippen LogP contribution in [0.25, 0.3) is 55.0 Å². The predicted octanol–water partition coefficient (Wildman–Crippen LogP) is 14.2. The van der Waals surface area contributed by atoms with Gasteiger partial charge in [-0.3, -0.25) is 0 Å². The van der Waals surface area contributed by atoms with E-state index in [9.17, 15) is 8.22 Å². The van der Waals surface area contributed by atoms with Crippen molar-refractivity contribution >= 4 is 49.8 Å². The van der Waals surface area contributed by atoms with Crippen LogP contribution in [-0.4, -0.2) is 0 Å².